The van der Waals surface area contributed by atoms with Crippen LogP contribution in [-0.2, 0) is 9.59 Å². The van der Waals surface area contributed by atoms with E-state index in [-0.39, 0.29) is 11.6 Å². The Kier molecular flexibility index (Phi) is 11.1. The number of aromatic nitrogens is 1. The first kappa shape index (κ1) is 34.9. The van der Waals surface area contributed by atoms with Crippen molar-refractivity contribution in [2.45, 2.75) is 10.1 Å². The fourth-order valence-electron chi connectivity index (χ4n) is 5.35. The summed E-state index contributed by atoms with van der Waals surface area (Å²) < 4.78 is 10.8. The molecule has 3 amide bonds. The molecule has 0 saturated carbocycles. The van der Waals surface area contributed by atoms with Gasteiger partial charge in [0.05, 0.1) is 24.9 Å². The van der Waals surface area contributed by atoms with Crippen LogP contribution in [0, 0.1) is 0 Å². The Hall–Kier alpha value is -5.97. The minimum Gasteiger partial charge on any atom is -0.495 e. The lowest BCUT2D eigenvalue weighted by molar-refractivity contribution is -0.116. The Morgan fingerprint density at radius 2 is 1.49 bits per heavy atom. The molecule has 0 radical (unpaired) electrons. The molecule has 256 valence electrons. The molecule has 0 aliphatic rings. The Labute approximate surface area is 304 Å². The summed E-state index contributed by atoms with van der Waals surface area (Å²) in [7, 11) is 2.99. The Morgan fingerprint density at radius 1 is 0.784 bits per heavy atom. The van der Waals surface area contributed by atoms with E-state index >= 15 is 0 Å². The number of carbonyl (C=O) groups is 3. The van der Waals surface area contributed by atoms with Crippen molar-refractivity contribution in [2.24, 2.45) is 0 Å². The van der Waals surface area contributed by atoms with Crippen LogP contribution in [-0.4, -0.2) is 36.9 Å². The number of amides is 3. The fourth-order valence-corrected chi connectivity index (χ4v) is 6.67. The summed E-state index contributed by atoms with van der Waals surface area (Å²) >= 11 is 7.68. The third kappa shape index (κ3) is 8.43. The zero-order valence-electron chi connectivity index (χ0n) is 27.6. The van der Waals surface area contributed by atoms with Crippen molar-refractivity contribution >= 4 is 69.4 Å². The van der Waals surface area contributed by atoms with Crippen LogP contribution in [0.5, 0.6) is 11.5 Å². The average molecular weight is 717 g/mol. The monoisotopic (exact) mass is 716 g/mol. The van der Waals surface area contributed by atoms with E-state index in [0.29, 0.717) is 38.4 Å². The first-order chi connectivity index (χ1) is 24.8. The van der Waals surface area contributed by atoms with Crippen molar-refractivity contribution in [1.29, 1.82) is 0 Å². The molecule has 0 spiro atoms. The van der Waals surface area contributed by atoms with Gasteiger partial charge in [0.1, 0.15) is 22.4 Å². The number of H-pyrrole nitrogens is 1. The highest BCUT2D eigenvalue weighted by Gasteiger charge is 2.24. The Bertz CT molecular complexity index is 2220. The van der Waals surface area contributed by atoms with Gasteiger partial charge in [0.15, 0.2) is 0 Å². The molecule has 0 aliphatic carbocycles. The molecule has 9 nitrogen and oxygen atoms in total. The summed E-state index contributed by atoms with van der Waals surface area (Å²) in [6, 6.07) is 36.1. The van der Waals surface area contributed by atoms with Gasteiger partial charge in [-0.25, -0.2) is 0 Å². The second-order valence-corrected chi connectivity index (χ2v) is 12.8. The van der Waals surface area contributed by atoms with Gasteiger partial charge in [0.25, 0.3) is 11.8 Å². The number of halogens is 1. The number of anilines is 2. The first-order valence-corrected chi connectivity index (χ1v) is 17.1. The molecular formula is C40H33ClN4O5S. The molecular weight excluding hydrogens is 684 g/mol. The molecule has 5 aromatic carbocycles. The van der Waals surface area contributed by atoms with E-state index in [9.17, 15) is 14.4 Å². The lowest BCUT2D eigenvalue weighted by atomic mass is 10.1. The second-order valence-electron chi connectivity index (χ2n) is 11.2. The van der Waals surface area contributed by atoms with Crippen LogP contribution >= 0.6 is 23.4 Å². The molecule has 6 rings (SSSR count). The zero-order valence-corrected chi connectivity index (χ0v) is 29.2. The van der Waals surface area contributed by atoms with Crippen LogP contribution in [0.1, 0.15) is 26.7 Å². The van der Waals surface area contributed by atoms with Crippen molar-refractivity contribution in [2.75, 3.05) is 24.9 Å². The molecule has 0 fully saturated rings. The smallest absolute Gasteiger partial charge is 0.272 e. The van der Waals surface area contributed by atoms with E-state index in [1.165, 1.54) is 26.0 Å². The molecule has 0 saturated heterocycles. The molecule has 0 aliphatic heterocycles. The fraction of sp³-hybridized carbons (Fsp3) is 0.0750. The van der Waals surface area contributed by atoms with Gasteiger partial charge < -0.3 is 30.4 Å². The number of aromatic amines is 1. The van der Waals surface area contributed by atoms with Crippen LogP contribution in [0.25, 0.3) is 17.0 Å². The minimum atomic E-state index is -0.690. The lowest BCUT2D eigenvalue weighted by Gasteiger charge is -2.19. The maximum atomic E-state index is 13.9. The standard InChI is InChI=1S/C40H33ClN4O5S/c1-49-35-23-36(50-2)33(22-31(35)41)44-40(48)37(25-12-5-3-6-13-25)51-29-17-11-16-28(21-29)43-39(47)34(45-38(46)26-14-7-4-8-15-26)20-27-24-42-32-19-10-9-18-30(27)32/h3-24,37,42H,1-2H3,(H,43,47)(H,44,48)(H,45,46)/b34-20-. The van der Waals surface area contributed by atoms with Gasteiger partial charge in [-0.2, -0.15) is 0 Å². The molecule has 11 heteroatoms. The largest absolute Gasteiger partial charge is 0.495 e. The van der Waals surface area contributed by atoms with Gasteiger partial charge in [-0.3, -0.25) is 14.4 Å². The third-order valence-electron chi connectivity index (χ3n) is 7.87. The maximum absolute atomic E-state index is 13.9. The van der Waals surface area contributed by atoms with Crippen molar-refractivity contribution in [3.63, 3.8) is 0 Å². The first-order valence-electron chi connectivity index (χ1n) is 15.8. The molecule has 1 atom stereocenters. The third-order valence-corrected chi connectivity index (χ3v) is 9.41. The molecule has 51 heavy (non-hydrogen) atoms. The summed E-state index contributed by atoms with van der Waals surface area (Å²) in [4.78, 5) is 44.8. The summed E-state index contributed by atoms with van der Waals surface area (Å²) in [6.07, 6.45) is 3.43. The Balaban J connectivity index is 1.26. The summed E-state index contributed by atoms with van der Waals surface area (Å²) in [5, 5.41) is 9.20. The molecule has 4 N–H and O–H groups in total. The molecule has 1 unspecified atom stereocenters. The summed E-state index contributed by atoms with van der Waals surface area (Å²) in [5.41, 5.74) is 3.73. The molecule has 6 aromatic rings. The number of nitrogens with one attached hydrogen (secondary N) is 4. The van der Waals surface area contributed by atoms with Crippen LogP contribution in [0.3, 0.4) is 0 Å². The highest BCUT2D eigenvalue weighted by molar-refractivity contribution is 8.00. The zero-order chi connectivity index (χ0) is 35.7. The number of methoxy groups -OCH3 is 2. The normalized spacial score (nSPS) is 11.8. The number of benzene rings is 5. The van der Waals surface area contributed by atoms with Gasteiger partial charge in [-0.1, -0.05) is 84.4 Å². The quantitative estimate of drug-likeness (QED) is 0.0743. The summed E-state index contributed by atoms with van der Waals surface area (Å²) in [5.74, 6) is -0.451. The summed E-state index contributed by atoms with van der Waals surface area (Å²) in [6.45, 7) is 0. The van der Waals surface area contributed by atoms with E-state index in [1.807, 2.05) is 66.7 Å². The number of rotatable bonds is 12. The van der Waals surface area contributed by atoms with Gasteiger partial charge in [0.2, 0.25) is 5.91 Å². The number of fused-ring (bicyclic) bond motifs is 1. The number of hydrogen-bond donors (Lipinski definition) is 4. The van der Waals surface area contributed by atoms with Crippen LogP contribution in [0.2, 0.25) is 5.02 Å². The maximum Gasteiger partial charge on any atom is 0.272 e. The molecule has 1 heterocycles. The van der Waals surface area contributed by atoms with E-state index in [0.717, 1.165) is 22.0 Å². The molecule has 0 bridgehead atoms. The van der Waals surface area contributed by atoms with E-state index in [4.69, 9.17) is 21.1 Å². The second kappa shape index (κ2) is 16.2. The van der Waals surface area contributed by atoms with Crippen molar-refractivity contribution in [1.82, 2.24) is 10.3 Å². The number of hydrogen-bond acceptors (Lipinski definition) is 6. The number of carbonyl (C=O) groups excluding carboxylic acids is 3. The van der Waals surface area contributed by atoms with Gasteiger partial charge in [-0.15, -0.1) is 11.8 Å². The highest BCUT2D eigenvalue weighted by atomic mass is 35.5. The highest BCUT2D eigenvalue weighted by Crippen LogP contribution is 2.40. The van der Waals surface area contributed by atoms with Gasteiger partial charge in [-0.05, 0) is 54.1 Å². The van der Waals surface area contributed by atoms with Gasteiger partial charge >= 0.3 is 0 Å². The van der Waals surface area contributed by atoms with E-state index in [1.54, 1.807) is 66.9 Å². The van der Waals surface area contributed by atoms with E-state index in [2.05, 4.69) is 20.9 Å². The van der Waals surface area contributed by atoms with Crippen molar-refractivity contribution < 1.29 is 23.9 Å². The predicted molar refractivity (Wildman–Crippen MR) is 203 cm³/mol. The lowest BCUT2D eigenvalue weighted by Crippen LogP contribution is -2.30. The number of ether oxygens (including phenoxy) is 2. The SMILES string of the molecule is COc1cc(OC)c(NC(=O)C(Sc2cccc(NC(=O)/C(=C/c3c[nH]c4ccccc34)NC(=O)c3ccccc3)c2)c2ccccc2)cc1Cl. The van der Waals surface area contributed by atoms with E-state index < -0.39 is 17.1 Å². The van der Waals surface area contributed by atoms with Crippen molar-refractivity contribution in [3.05, 3.63) is 155 Å². The minimum absolute atomic E-state index is 0.0558. The predicted octanol–water partition coefficient (Wildman–Crippen LogP) is 8.72. The molecule has 1 aromatic heterocycles. The van der Waals surface area contributed by atoms with Crippen molar-refractivity contribution in [3.8, 4) is 11.5 Å². The Morgan fingerprint density at radius 3 is 2.24 bits per heavy atom. The van der Waals surface area contributed by atoms with Crippen LogP contribution in [0.15, 0.2) is 138 Å². The van der Waals surface area contributed by atoms with Crippen LogP contribution in [0.4, 0.5) is 11.4 Å². The average Bonchev–Trinajstić information content (AvgIpc) is 3.57. The number of para-hydroxylation sites is 1. The number of thioether (sulfide) groups is 1. The van der Waals surface area contributed by atoms with Gasteiger partial charge in [0, 0.05) is 44.9 Å². The topological polar surface area (TPSA) is 122 Å². The van der Waals surface area contributed by atoms with Crippen LogP contribution < -0.4 is 25.4 Å².